The second kappa shape index (κ2) is 6.00. The number of aromatic nitrogens is 5. The van der Waals surface area contributed by atoms with Crippen molar-refractivity contribution in [2.75, 3.05) is 0 Å². The number of ether oxygens (including phenoxy) is 1. The Morgan fingerprint density at radius 1 is 1.14 bits per heavy atom. The van der Waals surface area contributed by atoms with Crippen LogP contribution in [-0.2, 0) is 5.92 Å². The summed E-state index contributed by atoms with van der Waals surface area (Å²) >= 11 is 0. The van der Waals surface area contributed by atoms with Crippen molar-refractivity contribution in [2.45, 2.75) is 37.2 Å². The molecular formula is C16H10F7N5O. The predicted molar refractivity (Wildman–Crippen MR) is 82.5 cm³/mol. The molecule has 4 rings (SSSR count). The van der Waals surface area contributed by atoms with Gasteiger partial charge < -0.3 is 4.74 Å². The van der Waals surface area contributed by atoms with Gasteiger partial charge in [-0.2, -0.15) is 26.3 Å². The van der Waals surface area contributed by atoms with Crippen molar-refractivity contribution in [2.24, 2.45) is 0 Å². The molecule has 13 heteroatoms. The topological polar surface area (TPSA) is 65.2 Å². The van der Waals surface area contributed by atoms with E-state index in [1.54, 1.807) is 0 Å². The molecule has 0 spiro atoms. The van der Waals surface area contributed by atoms with Crippen molar-refractivity contribution in [1.82, 2.24) is 24.6 Å². The quantitative estimate of drug-likeness (QED) is 0.599. The van der Waals surface area contributed by atoms with Gasteiger partial charge in [-0.15, -0.1) is 10.2 Å². The lowest BCUT2D eigenvalue weighted by molar-refractivity contribution is -0.324. The highest BCUT2D eigenvalue weighted by atomic mass is 19.3. The molecule has 1 atom stereocenters. The van der Waals surface area contributed by atoms with E-state index in [2.05, 4.69) is 24.9 Å². The minimum absolute atomic E-state index is 0.00116. The molecule has 3 heterocycles. The van der Waals surface area contributed by atoms with Gasteiger partial charge in [0, 0.05) is 24.9 Å². The van der Waals surface area contributed by atoms with Crippen molar-refractivity contribution < 1.29 is 35.5 Å². The second-order valence-electron chi connectivity index (χ2n) is 6.56. The molecule has 0 aliphatic heterocycles. The minimum atomic E-state index is -4.44. The monoisotopic (exact) mass is 421 g/mol. The van der Waals surface area contributed by atoms with E-state index in [1.165, 1.54) is 0 Å². The fourth-order valence-corrected chi connectivity index (χ4v) is 2.75. The molecule has 1 fully saturated rings. The zero-order valence-corrected chi connectivity index (χ0v) is 14.4. The molecule has 6 nitrogen and oxygen atoms in total. The Morgan fingerprint density at radius 2 is 1.86 bits per heavy atom. The van der Waals surface area contributed by atoms with E-state index >= 15 is 0 Å². The summed E-state index contributed by atoms with van der Waals surface area (Å²) in [4.78, 5) is 7.46. The Balaban J connectivity index is 1.63. The van der Waals surface area contributed by atoms with Gasteiger partial charge in [0.25, 0.3) is 5.88 Å². The zero-order chi connectivity index (χ0) is 21.2. The smallest absolute Gasteiger partial charge is 0.346 e. The van der Waals surface area contributed by atoms with Gasteiger partial charge in [-0.1, -0.05) is 0 Å². The molecule has 1 aliphatic rings. The van der Waals surface area contributed by atoms with Gasteiger partial charge >= 0.3 is 17.8 Å². The third kappa shape index (κ3) is 3.04. The van der Waals surface area contributed by atoms with Crippen LogP contribution in [0.15, 0.2) is 24.7 Å². The molecule has 1 saturated carbocycles. The van der Waals surface area contributed by atoms with Gasteiger partial charge in [0.15, 0.2) is 17.6 Å². The van der Waals surface area contributed by atoms with E-state index in [-0.39, 0.29) is 16.9 Å². The predicted octanol–water partition coefficient (Wildman–Crippen LogP) is 3.86. The Labute approximate surface area is 157 Å². The average Bonchev–Trinajstić information content (AvgIpc) is 3.06. The number of hydrogen-bond donors (Lipinski definition) is 0. The molecule has 0 radical (unpaired) electrons. The molecule has 3 aromatic heterocycles. The fourth-order valence-electron chi connectivity index (χ4n) is 2.75. The number of hydrogen-bond acceptors (Lipinski definition) is 5. The standard InChI is InChI=1S/C16H10F7N5O/c1-14(18,19)13-27-26-11-5-24-9(6-28(11)13)7-2-8(17)12(25-4-7)29-10-3-15(20,21)16(10,22)23/h2,4-6,10H,3H2,1H3/t10-/m0/s1. The highest BCUT2D eigenvalue weighted by Crippen LogP contribution is 2.52. The van der Waals surface area contributed by atoms with Crippen molar-refractivity contribution in [3.63, 3.8) is 0 Å². The van der Waals surface area contributed by atoms with E-state index in [9.17, 15) is 30.7 Å². The number of alkyl halides is 6. The van der Waals surface area contributed by atoms with Crippen molar-refractivity contribution in [3.8, 4) is 17.1 Å². The van der Waals surface area contributed by atoms with Gasteiger partial charge in [-0.05, 0) is 6.07 Å². The number of rotatable bonds is 4. The average molecular weight is 421 g/mol. The molecule has 29 heavy (non-hydrogen) atoms. The van der Waals surface area contributed by atoms with E-state index in [4.69, 9.17) is 0 Å². The van der Waals surface area contributed by atoms with Crippen LogP contribution < -0.4 is 4.74 Å². The van der Waals surface area contributed by atoms with Crippen LogP contribution in [0.25, 0.3) is 16.9 Å². The zero-order valence-electron chi connectivity index (χ0n) is 14.4. The van der Waals surface area contributed by atoms with Crippen LogP contribution in [0.5, 0.6) is 5.88 Å². The van der Waals surface area contributed by atoms with E-state index in [0.29, 0.717) is 6.92 Å². The summed E-state index contributed by atoms with van der Waals surface area (Å²) in [6.07, 6.45) is -0.263. The number of nitrogens with zero attached hydrogens (tertiary/aromatic N) is 5. The third-order valence-electron chi connectivity index (χ3n) is 4.38. The molecule has 0 bridgehead atoms. The molecule has 0 unspecified atom stereocenters. The largest absolute Gasteiger partial charge is 0.465 e. The van der Waals surface area contributed by atoms with E-state index in [0.717, 1.165) is 29.1 Å². The summed E-state index contributed by atoms with van der Waals surface area (Å²) in [5, 5.41) is 6.94. The molecule has 0 N–H and O–H groups in total. The van der Waals surface area contributed by atoms with Gasteiger partial charge in [0.05, 0.1) is 18.3 Å². The van der Waals surface area contributed by atoms with Crippen LogP contribution in [0.1, 0.15) is 19.2 Å². The lowest BCUT2D eigenvalue weighted by Crippen LogP contribution is -2.64. The first-order valence-corrected chi connectivity index (χ1v) is 8.07. The van der Waals surface area contributed by atoms with Gasteiger partial charge in [0.2, 0.25) is 5.82 Å². The lowest BCUT2D eigenvalue weighted by atomic mass is 9.85. The SMILES string of the molecule is CC(F)(F)c1nnc2cnc(-c3cnc(O[C@H]4CC(F)(F)C4(F)F)c(F)c3)cn12. The summed E-state index contributed by atoms with van der Waals surface area (Å²) in [5.41, 5.74) is 0.0228. The van der Waals surface area contributed by atoms with Crippen LogP contribution in [0.3, 0.4) is 0 Å². The van der Waals surface area contributed by atoms with Crippen molar-refractivity contribution >= 4 is 5.65 Å². The first kappa shape index (κ1) is 19.3. The third-order valence-corrected chi connectivity index (χ3v) is 4.38. The maximum Gasteiger partial charge on any atom is 0.346 e. The molecule has 154 valence electrons. The summed E-state index contributed by atoms with van der Waals surface area (Å²) in [7, 11) is 0. The van der Waals surface area contributed by atoms with E-state index in [1.807, 2.05) is 0 Å². The summed E-state index contributed by atoms with van der Waals surface area (Å²) in [5.74, 6) is -14.7. The summed E-state index contributed by atoms with van der Waals surface area (Å²) in [6.45, 7) is 0.622. The van der Waals surface area contributed by atoms with Crippen LogP contribution in [-0.4, -0.2) is 42.5 Å². The van der Waals surface area contributed by atoms with Crippen molar-refractivity contribution in [3.05, 3.63) is 36.3 Å². The highest BCUT2D eigenvalue weighted by Gasteiger charge is 2.73. The molecular weight excluding hydrogens is 411 g/mol. The second-order valence-corrected chi connectivity index (χ2v) is 6.56. The first-order valence-electron chi connectivity index (χ1n) is 8.07. The maximum absolute atomic E-state index is 14.2. The van der Waals surface area contributed by atoms with Gasteiger partial charge in [0.1, 0.15) is 0 Å². The Bertz CT molecular complexity index is 1090. The Morgan fingerprint density at radius 3 is 2.45 bits per heavy atom. The highest BCUT2D eigenvalue weighted by molar-refractivity contribution is 5.59. The van der Waals surface area contributed by atoms with Gasteiger partial charge in [-0.25, -0.2) is 9.37 Å². The first-order chi connectivity index (χ1) is 13.4. The normalized spacial score (nSPS) is 20.5. The van der Waals surface area contributed by atoms with Crippen molar-refractivity contribution in [1.29, 1.82) is 0 Å². The Kier molecular flexibility index (Phi) is 4.00. The summed E-state index contributed by atoms with van der Waals surface area (Å²) < 4.78 is 99.2. The van der Waals surface area contributed by atoms with Gasteiger partial charge in [-0.3, -0.25) is 9.38 Å². The van der Waals surface area contributed by atoms with Crippen LogP contribution in [0, 0.1) is 5.82 Å². The fraction of sp³-hybridized carbons (Fsp3) is 0.375. The molecule has 0 saturated heterocycles. The molecule has 0 amide bonds. The lowest BCUT2D eigenvalue weighted by Gasteiger charge is -2.42. The van der Waals surface area contributed by atoms with Crippen LogP contribution >= 0.6 is 0 Å². The summed E-state index contributed by atoms with van der Waals surface area (Å²) in [6, 6.07) is 0.805. The number of fused-ring (bicyclic) bond motifs is 1. The molecule has 1 aliphatic carbocycles. The molecule has 3 aromatic rings. The molecule has 0 aromatic carbocycles. The van der Waals surface area contributed by atoms with E-state index < -0.39 is 47.8 Å². The van der Waals surface area contributed by atoms with Crippen LogP contribution in [0.4, 0.5) is 30.7 Å². The van der Waals surface area contributed by atoms with Crippen LogP contribution in [0.2, 0.25) is 0 Å². The number of pyridine rings is 1. The number of halogens is 7. The minimum Gasteiger partial charge on any atom is -0.465 e. The Hall–Kier alpha value is -2.99. The maximum atomic E-state index is 14.2.